The summed E-state index contributed by atoms with van der Waals surface area (Å²) in [6.45, 7) is 7.83. The van der Waals surface area contributed by atoms with Gasteiger partial charge in [-0.15, -0.1) is 0 Å². The van der Waals surface area contributed by atoms with Gasteiger partial charge in [0.1, 0.15) is 18.0 Å². The third-order valence-electron chi connectivity index (χ3n) is 8.82. The van der Waals surface area contributed by atoms with Crippen molar-refractivity contribution in [3.05, 3.63) is 75.0 Å². The molecule has 0 unspecified atom stereocenters. The van der Waals surface area contributed by atoms with E-state index in [-0.39, 0.29) is 5.02 Å². The van der Waals surface area contributed by atoms with Gasteiger partial charge in [-0.3, -0.25) is 14.5 Å². The highest BCUT2D eigenvalue weighted by Crippen LogP contribution is 2.39. The van der Waals surface area contributed by atoms with E-state index in [1.165, 1.54) is 17.4 Å². The number of nitrogens with two attached hydrogens (primary N) is 1. The molecule has 44 heavy (non-hydrogen) atoms. The molecule has 10 heteroatoms. The number of aryl methyl sites for hydroxylation is 1. The van der Waals surface area contributed by atoms with E-state index in [0.29, 0.717) is 47.0 Å². The van der Waals surface area contributed by atoms with Gasteiger partial charge in [-0.1, -0.05) is 31.0 Å². The van der Waals surface area contributed by atoms with Crippen molar-refractivity contribution in [2.45, 2.75) is 58.9 Å². The Hall–Kier alpha value is -3.69. The number of aromatic amines is 1. The van der Waals surface area contributed by atoms with Crippen molar-refractivity contribution in [3.8, 4) is 22.7 Å². The summed E-state index contributed by atoms with van der Waals surface area (Å²) in [6, 6.07) is 11.2. The monoisotopic (exact) mass is 618 g/mol. The summed E-state index contributed by atoms with van der Waals surface area (Å²) in [5.41, 5.74) is 9.25. The van der Waals surface area contributed by atoms with Crippen molar-refractivity contribution in [2.24, 2.45) is 22.6 Å². The predicted molar refractivity (Wildman–Crippen MR) is 174 cm³/mol. The van der Waals surface area contributed by atoms with Crippen LogP contribution >= 0.6 is 11.6 Å². The van der Waals surface area contributed by atoms with Gasteiger partial charge in [0, 0.05) is 55.0 Å². The van der Waals surface area contributed by atoms with Crippen LogP contribution in [0.15, 0.2) is 52.4 Å². The molecular weight excluding hydrogens is 579 g/mol. The first-order valence-electron chi connectivity index (χ1n) is 15.6. The normalized spacial score (nSPS) is 16.5. The number of halogens is 2. The topological polar surface area (TPSA) is 102 Å². The summed E-state index contributed by atoms with van der Waals surface area (Å²) in [7, 11) is 0. The molecule has 2 aliphatic rings. The van der Waals surface area contributed by atoms with Crippen LogP contribution in [0.1, 0.15) is 57.1 Å². The number of aromatic nitrogens is 3. The molecule has 6 rings (SSSR count). The molecule has 1 atom stereocenters. The fraction of sp³-hybridized carbons (Fsp3) is 0.441. The van der Waals surface area contributed by atoms with Crippen molar-refractivity contribution >= 4 is 28.5 Å². The third kappa shape index (κ3) is 7.00. The number of nitrogens with one attached hydrogen (secondary N) is 1. The van der Waals surface area contributed by atoms with Crippen LogP contribution in [0.3, 0.4) is 0 Å². The number of hydrogen-bond acceptors (Lipinski definition) is 5. The Balaban J connectivity index is 1.21. The molecule has 8 nitrogen and oxygen atoms in total. The van der Waals surface area contributed by atoms with Crippen molar-refractivity contribution in [3.63, 3.8) is 0 Å². The smallest absolute Gasteiger partial charge is 0.354 e. The standard InChI is InChI=1S/C34H40ClFN6O2/c1-21(24-7-8-24)5-3-6-23-15-28(32(36)29(35)16-23)30-17-26-20-42(34(43)40-33(26)39-30)27-10-9-25-19-41(12-4-11-38-22(2)37)13-14-44-31(25)18-27/h9-10,15-18,20-21,24H,3-8,11-14,19H2,1-2H3,(H2,37,38)(H,39,40,43)/t21-/m1/s1. The summed E-state index contributed by atoms with van der Waals surface area (Å²) in [6.07, 6.45) is 8.39. The number of ether oxygens (including phenoxy) is 1. The Labute approximate surface area is 262 Å². The van der Waals surface area contributed by atoms with E-state index in [9.17, 15) is 4.79 Å². The quantitative estimate of drug-likeness (QED) is 0.113. The first-order chi connectivity index (χ1) is 21.2. The molecule has 1 aliphatic heterocycles. The van der Waals surface area contributed by atoms with Gasteiger partial charge < -0.3 is 15.5 Å². The highest BCUT2D eigenvalue weighted by molar-refractivity contribution is 6.31. The summed E-state index contributed by atoms with van der Waals surface area (Å²) >= 11 is 6.34. The molecule has 0 amide bonds. The molecule has 3 heterocycles. The number of nitrogens with zero attached hydrogens (tertiary/aromatic N) is 4. The zero-order valence-electron chi connectivity index (χ0n) is 25.4. The zero-order valence-corrected chi connectivity index (χ0v) is 26.2. The number of fused-ring (bicyclic) bond motifs is 2. The fourth-order valence-corrected chi connectivity index (χ4v) is 6.38. The van der Waals surface area contributed by atoms with Gasteiger partial charge in [0.2, 0.25) is 0 Å². The van der Waals surface area contributed by atoms with E-state index in [4.69, 9.17) is 22.1 Å². The third-order valence-corrected chi connectivity index (χ3v) is 9.09. The van der Waals surface area contributed by atoms with Crippen molar-refractivity contribution in [1.29, 1.82) is 0 Å². The van der Waals surface area contributed by atoms with Crippen LogP contribution in [0, 0.1) is 17.7 Å². The van der Waals surface area contributed by atoms with Gasteiger partial charge >= 0.3 is 5.69 Å². The SMILES string of the molecule is CC(N)=NCCCN1CCOc2cc(-n3cc4cc(-c5cc(CCC[C@@H](C)C6CC6)cc(Cl)c5F)[nH]c4nc3=O)ccc2C1. The number of hydrogen-bond donors (Lipinski definition) is 2. The van der Waals surface area contributed by atoms with E-state index in [1.807, 2.05) is 30.3 Å². The van der Waals surface area contributed by atoms with E-state index in [2.05, 4.69) is 26.8 Å². The van der Waals surface area contributed by atoms with Gasteiger partial charge in [0.15, 0.2) is 5.82 Å². The van der Waals surface area contributed by atoms with Gasteiger partial charge in [0.05, 0.1) is 22.2 Å². The summed E-state index contributed by atoms with van der Waals surface area (Å²) < 4.78 is 22.8. The molecule has 232 valence electrons. The lowest BCUT2D eigenvalue weighted by atomic mass is 9.96. The van der Waals surface area contributed by atoms with Crippen LogP contribution in [-0.2, 0) is 13.0 Å². The predicted octanol–water partition coefficient (Wildman–Crippen LogP) is 6.50. The van der Waals surface area contributed by atoms with Crippen molar-refractivity contribution in [1.82, 2.24) is 19.4 Å². The lowest BCUT2D eigenvalue weighted by Gasteiger charge is -2.18. The minimum Gasteiger partial charge on any atom is -0.492 e. The average molecular weight is 619 g/mol. The second-order valence-corrected chi connectivity index (χ2v) is 12.7. The lowest BCUT2D eigenvalue weighted by molar-refractivity contribution is 0.225. The second-order valence-electron chi connectivity index (χ2n) is 12.3. The number of H-pyrrole nitrogens is 1. The van der Waals surface area contributed by atoms with Gasteiger partial charge in [-0.25, -0.2) is 9.18 Å². The molecule has 1 fully saturated rings. The van der Waals surface area contributed by atoms with E-state index < -0.39 is 11.5 Å². The molecule has 4 aromatic rings. The van der Waals surface area contributed by atoms with Crippen LogP contribution in [0.25, 0.3) is 28.0 Å². The Morgan fingerprint density at radius 2 is 2.09 bits per heavy atom. The van der Waals surface area contributed by atoms with Crippen molar-refractivity contribution in [2.75, 3.05) is 26.2 Å². The molecule has 0 spiro atoms. The molecule has 0 radical (unpaired) electrons. The van der Waals surface area contributed by atoms with E-state index in [1.54, 1.807) is 19.2 Å². The van der Waals surface area contributed by atoms with Crippen LogP contribution in [0.5, 0.6) is 5.75 Å². The molecule has 3 N–H and O–H groups in total. The summed E-state index contributed by atoms with van der Waals surface area (Å²) in [4.78, 5) is 27.2. The minimum atomic E-state index is -0.484. The molecule has 1 saturated carbocycles. The van der Waals surface area contributed by atoms with Crippen LogP contribution in [0.2, 0.25) is 5.02 Å². The lowest BCUT2D eigenvalue weighted by Crippen LogP contribution is -2.27. The van der Waals surface area contributed by atoms with E-state index in [0.717, 1.165) is 74.0 Å². The van der Waals surface area contributed by atoms with Crippen LogP contribution in [-0.4, -0.2) is 51.5 Å². The summed E-state index contributed by atoms with van der Waals surface area (Å²) in [5.74, 6) is 2.48. The Kier molecular flexibility index (Phi) is 9.05. The van der Waals surface area contributed by atoms with Crippen LogP contribution in [0.4, 0.5) is 4.39 Å². The van der Waals surface area contributed by atoms with Crippen LogP contribution < -0.4 is 16.2 Å². The van der Waals surface area contributed by atoms with Gasteiger partial charge in [-0.05, 0) is 80.7 Å². The van der Waals surface area contributed by atoms with Crippen molar-refractivity contribution < 1.29 is 9.13 Å². The fourth-order valence-electron chi connectivity index (χ4n) is 6.14. The number of benzene rings is 2. The first kappa shape index (κ1) is 30.3. The number of aliphatic imine (C=N–C) groups is 1. The zero-order chi connectivity index (χ0) is 30.8. The maximum atomic E-state index is 15.3. The second kappa shape index (κ2) is 13.1. The van der Waals surface area contributed by atoms with Gasteiger partial charge in [0.25, 0.3) is 0 Å². The Morgan fingerprint density at radius 3 is 2.89 bits per heavy atom. The summed E-state index contributed by atoms with van der Waals surface area (Å²) in [5, 5.41) is 0.790. The first-order valence-corrected chi connectivity index (χ1v) is 16.0. The Bertz CT molecular complexity index is 1740. The molecular formula is C34H40ClFN6O2. The molecule has 0 saturated heterocycles. The average Bonchev–Trinajstić information content (AvgIpc) is 3.79. The molecule has 1 aliphatic carbocycles. The Morgan fingerprint density at radius 1 is 1.25 bits per heavy atom. The highest BCUT2D eigenvalue weighted by atomic mass is 35.5. The number of amidine groups is 1. The minimum absolute atomic E-state index is 0.0987. The molecule has 0 bridgehead atoms. The number of rotatable bonds is 11. The van der Waals surface area contributed by atoms with E-state index >= 15 is 4.39 Å². The van der Waals surface area contributed by atoms with Gasteiger partial charge in [-0.2, -0.15) is 4.98 Å². The maximum Gasteiger partial charge on any atom is 0.354 e. The largest absolute Gasteiger partial charge is 0.492 e. The highest BCUT2D eigenvalue weighted by Gasteiger charge is 2.27. The molecule has 2 aromatic carbocycles. The molecule has 2 aromatic heterocycles. The maximum absolute atomic E-state index is 15.3.